The van der Waals surface area contributed by atoms with Crippen LogP contribution in [-0.2, 0) is 0 Å². The molecule has 17 heavy (non-hydrogen) atoms. The molecule has 0 radical (unpaired) electrons. The first-order valence-corrected chi connectivity index (χ1v) is 4.99. The number of nitrogen functional groups attached to an aromatic ring is 1. The molecule has 0 fully saturated rings. The average Bonchev–Trinajstić information content (AvgIpc) is 2.31. The molecule has 0 spiro atoms. The van der Waals surface area contributed by atoms with Crippen LogP contribution >= 0.6 is 11.6 Å². The molecule has 88 valence electrons. The quantitative estimate of drug-likeness (QED) is 0.886. The molecule has 2 aromatic rings. The van der Waals surface area contributed by atoms with Gasteiger partial charge in [-0.1, -0.05) is 11.6 Å². The van der Waals surface area contributed by atoms with Crippen LogP contribution in [0.25, 0.3) is 11.4 Å². The molecule has 0 bridgehead atoms. The number of methoxy groups -OCH3 is 1. The highest BCUT2D eigenvalue weighted by atomic mass is 35.5. The third-order valence-corrected chi connectivity index (χ3v) is 2.31. The van der Waals surface area contributed by atoms with E-state index < -0.39 is 5.82 Å². The minimum Gasteiger partial charge on any atom is -0.467 e. The lowest BCUT2D eigenvalue weighted by atomic mass is 10.2. The number of anilines is 1. The van der Waals surface area contributed by atoms with Gasteiger partial charge in [-0.25, -0.2) is 4.39 Å². The van der Waals surface area contributed by atoms with Crippen molar-refractivity contribution in [3.8, 4) is 17.4 Å². The number of hydrogen-bond acceptors (Lipinski definition) is 5. The number of nitrogens with two attached hydrogens (primary N) is 1. The van der Waals surface area contributed by atoms with Crippen molar-refractivity contribution in [2.45, 2.75) is 0 Å². The first-order valence-electron chi connectivity index (χ1n) is 4.61. The third-order valence-electron chi connectivity index (χ3n) is 1.98. The monoisotopic (exact) mass is 254 g/mol. The normalized spacial score (nSPS) is 10.3. The molecule has 0 aliphatic rings. The number of benzene rings is 1. The number of halogens is 2. The van der Waals surface area contributed by atoms with E-state index in [1.54, 1.807) is 0 Å². The second-order valence-corrected chi connectivity index (χ2v) is 3.54. The van der Waals surface area contributed by atoms with Gasteiger partial charge in [-0.3, -0.25) is 0 Å². The lowest BCUT2D eigenvalue weighted by Crippen LogP contribution is -2.03. The van der Waals surface area contributed by atoms with Crippen LogP contribution in [0, 0.1) is 5.82 Å². The predicted octanol–water partition coefficient (Wildman–Crippen LogP) is 1.92. The van der Waals surface area contributed by atoms with Crippen LogP contribution in [0.4, 0.5) is 10.3 Å². The third kappa shape index (κ3) is 2.42. The molecule has 2 rings (SSSR count). The van der Waals surface area contributed by atoms with Gasteiger partial charge in [-0.05, 0) is 18.2 Å². The van der Waals surface area contributed by atoms with Crippen molar-refractivity contribution in [1.29, 1.82) is 0 Å². The maximum absolute atomic E-state index is 13.1. The van der Waals surface area contributed by atoms with Crippen LogP contribution in [0.1, 0.15) is 0 Å². The van der Waals surface area contributed by atoms with Crippen LogP contribution in [0.5, 0.6) is 6.01 Å². The van der Waals surface area contributed by atoms with Gasteiger partial charge in [0.05, 0.1) is 12.1 Å². The van der Waals surface area contributed by atoms with Gasteiger partial charge in [-0.2, -0.15) is 15.0 Å². The molecule has 1 aromatic carbocycles. The largest absolute Gasteiger partial charge is 0.467 e. The van der Waals surface area contributed by atoms with Gasteiger partial charge in [0.1, 0.15) is 5.82 Å². The topological polar surface area (TPSA) is 73.9 Å². The maximum Gasteiger partial charge on any atom is 0.321 e. The molecule has 7 heteroatoms. The van der Waals surface area contributed by atoms with E-state index in [0.717, 1.165) is 0 Å². The molecule has 0 aliphatic carbocycles. The summed E-state index contributed by atoms with van der Waals surface area (Å²) in [4.78, 5) is 11.6. The Morgan fingerprint density at radius 3 is 2.76 bits per heavy atom. The number of nitrogens with zero attached hydrogens (tertiary/aromatic N) is 3. The fourth-order valence-electron chi connectivity index (χ4n) is 1.25. The predicted molar refractivity (Wildman–Crippen MR) is 61.2 cm³/mol. The first-order chi connectivity index (χ1) is 8.10. The number of aromatic nitrogens is 3. The summed E-state index contributed by atoms with van der Waals surface area (Å²) in [6.07, 6.45) is 0. The SMILES string of the molecule is COc1nc(N)nc(-c2cc(F)ccc2Cl)n1. The van der Waals surface area contributed by atoms with E-state index in [1.165, 1.54) is 25.3 Å². The zero-order valence-electron chi connectivity index (χ0n) is 8.82. The van der Waals surface area contributed by atoms with Gasteiger partial charge in [-0.15, -0.1) is 0 Å². The highest BCUT2D eigenvalue weighted by Gasteiger charge is 2.11. The molecule has 0 unspecified atom stereocenters. The average molecular weight is 255 g/mol. The van der Waals surface area contributed by atoms with E-state index in [0.29, 0.717) is 10.6 Å². The molecular weight excluding hydrogens is 247 g/mol. The zero-order valence-corrected chi connectivity index (χ0v) is 9.57. The van der Waals surface area contributed by atoms with Crippen molar-refractivity contribution in [2.24, 2.45) is 0 Å². The molecule has 0 saturated carbocycles. The summed E-state index contributed by atoms with van der Waals surface area (Å²) < 4.78 is 18.0. The first kappa shape index (κ1) is 11.5. The lowest BCUT2D eigenvalue weighted by Gasteiger charge is -2.05. The molecular formula is C10H8ClFN4O. The second kappa shape index (κ2) is 4.50. The summed E-state index contributed by atoms with van der Waals surface area (Å²) in [7, 11) is 1.39. The van der Waals surface area contributed by atoms with Gasteiger partial charge < -0.3 is 10.5 Å². The number of rotatable bonds is 2. The minimum absolute atomic E-state index is 0.0211. The van der Waals surface area contributed by atoms with Crippen molar-refractivity contribution in [2.75, 3.05) is 12.8 Å². The highest BCUT2D eigenvalue weighted by Crippen LogP contribution is 2.26. The van der Waals surface area contributed by atoms with Crippen LogP contribution in [-0.4, -0.2) is 22.1 Å². The Balaban J connectivity index is 2.59. The smallest absolute Gasteiger partial charge is 0.321 e. The van der Waals surface area contributed by atoms with Crippen LogP contribution in [0.3, 0.4) is 0 Å². The Kier molecular flexibility index (Phi) is 3.06. The van der Waals surface area contributed by atoms with E-state index in [4.69, 9.17) is 22.1 Å². The van der Waals surface area contributed by atoms with E-state index in [2.05, 4.69) is 15.0 Å². The van der Waals surface area contributed by atoms with Crippen LogP contribution in [0.15, 0.2) is 18.2 Å². The highest BCUT2D eigenvalue weighted by molar-refractivity contribution is 6.33. The van der Waals surface area contributed by atoms with Gasteiger partial charge in [0.2, 0.25) is 5.95 Å². The zero-order chi connectivity index (χ0) is 12.4. The van der Waals surface area contributed by atoms with E-state index >= 15 is 0 Å². The molecule has 2 N–H and O–H groups in total. The van der Waals surface area contributed by atoms with Gasteiger partial charge in [0.25, 0.3) is 0 Å². The molecule has 0 atom stereocenters. The Labute approximate surface area is 101 Å². The molecule has 1 heterocycles. The lowest BCUT2D eigenvalue weighted by molar-refractivity contribution is 0.379. The Morgan fingerprint density at radius 2 is 2.06 bits per heavy atom. The van der Waals surface area contributed by atoms with E-state index in [9.17, 15) is 4.39 Å². The van der Waals surface area contributed by atoms with Crippen LogP contribution < -0.4 is 10.5 Å². The maximum atomic E-state index is 13.1. The van der Waals surface area contributed by atoms with Crippen molar-refractivity contribution in [3.05, 3.63) is 29.0 Å². The Hall–Kier alpha value is -1.95. The van der Waals surface area contributed by atoms with Gasteiger partial charge in [0.15, 0.2) is 5.82 Å². The molecule has 0 saturated heterocycles. The summed E-state index contributed by atoms with van der Waals surface area (Å²) in [5, 5.41) is 0.319. The van der Waals surface area contributed by atoms with E-state index in [-0.39, 0.29) is 17.8 Å². The molecule has 5 nitrogen and oxygen atoms in total. The Bertz CT molecular complexity index is 564. The number of ether oxygens (including phenoxy) is 1. The second-order valence-electron chi connectivity index (χ2n) is 3.13. The summed E-state index contributed by atoms with van der Waals surface area (Å²) in [6.45, 7) is 0. The minimum atomic E-state index is -0.442. The fourth-order valence-corrected chi connectivity index (χ4v) is 1.45. The van der Waals surface area contributed by atoms with Crippen molar-refractivity contribution in [1.82, 2.24) is 15.0 Å². The summed E-state index contributed by atoms with van der Waals surface area (Å²) >= 11 is 5.93. The molecule has 1 aromatic heterocycles. The van der Waals surface area contributed by atoms with Crippen molar-refractivity contribution < 1.29 is 9.13 Å². The fraction of sp³-hybridized carbons (Fsp3) is 0.100. The molecule has 0 amide bonds. The molecule has 0 aliphatic heterocycles. The standard InChI is InChI=1S/C10H8ClFN4O/c1-17-10-15-8(14-9(13)16-10)6-4-5(12)2-3-7(6)11/h2-4H,1H3,(H2,13,14,15,16). The van der Waals surface area contributed by atoms with Crippen LogP contribution in [0.2, 0.25) is 5.02 Å². The summed E-state index contributed by atoms with van der Waals surface area (Å²) in [5.74, 6) is -0.298. The van der Waals surface area contributed by atoms with Crippen molar-refractivity contribution >= 4 is 17.5 Å². The summed E-state index contributed by atoms with van der Waals surface area (Å²) in [5.41, 5.74) is 5.81. The Morgan fingerprint density at radius 1 is 1.29 bits per heavy atom. The van der Waals surface area contributed by atoms with Gasteiger partial charge in [0, 0.05) is 5.56 Å². The summed E-state index contributed by atoms with van der Waals surface area (Å²) in [6, 6.07) is 3.93. The van der Waals surface area contributed by atoms with Gasteiger partial charge >= 0.3 is 6.01 Å². The number of hydrogen-bond donors (Lipinski definition) is 1. The van der Waals surface area contributed by atoms with E-state index in [1.807, 2.05) is 0 Å². The van der Waals surface area contributed by atoms with Crippen molar-refractivity contribution in [3.63, 3.8) is 0 Å².